The molecule has 0 aliphatic heterocycles. The van der Waals surface area contributed by atoms with Gasteiger partial charge in [0.2, 0.25) is 0 Å². The molecule has 0 spiro atoms. The maximum atomic E-state index is 11.1. The van der Waals surface area contributed by atoms with Crippen LogP contribution in [0.1, 0.15) is 40.0 Å². The van der Waals surface area contributed by atoms with Gasteiger partial charge in [-0.2, -0.15) is 0 Å². The molecule has 0 saturated heterocycles. The topological polar surface area (TPSA) is 63.6 Å². The Labute approximate surface area is 96.0 Å². The average Bonchev–Trinajstić information content (AvgIpc) is 2.16. The lowest BCUT2D eigenvalue weighted by molar-refractivity contribution is -0.171. The minimum absolute atomic E-state index is 0.229. The van der Waals surface area contributed by atoms with Crippen molar-refractivity contribution < 1.29 is 19.4 Å². The van der Waals surface area contributed by atoms with Gasteiger partial charge in [0.1, 0.15) is 6.10 Å². The maximum absolute atomic E-state index is 11.1. The number of rotatable bonds is 2. The highest BCUT2D eigenvalue weighted by Crippen LogP contribution is 2.35. The summed E-state index contributed by atoms with van der Waals surface area (Å²) in [6, 6.07) is 0. The summed E-state index contributed by atoms with van der Waals surface area (Å²) in [5, 5.41) is 8.53. The van der Waals surface area contributed by atoms with Crippen molar-refractivity contribution in [2.75, 3.05) is 0 Å². The number of carbonyl (C=O) groups excluding carboxylic acids is 1. The number of carboxylic acids is 1. The van der Waals surface area contributed by atoms with E-state index in [1.165, 1.54) is 0 Å². The fourth-order valence-electron chi connectivity index (χ4n) is 2.44. The van der Waals surface area contributed by atoms with E-state index >= 15 is 0 Å². The van der Waals surface area contributed by atoms with Gasteiger partial charge in [0.05, 0.1) is 0 Å². The van der Waals surface area contributed by atoms with Crippen LogP contribution in [0.3, 0.4) is 0 Å². The van der Waals surface area contributed by atoms with Crippen LogP contribution in [0, 0.1) is 17.8 Å². The van der Waals surface area contributed by atoms with Crippen LogP contribution >= 0.6 is 0 Å². The summed E-state index contributed by atoms with van der Waals surface area (Å²) in [4.78, 5) is 21.5. The van der Waals surface area contributed by atoms with E-state index in [1.807, 2.05) is 0 Å². The van der Waals surface area contributed by atoms with Gasteiger partial charge in [-0.05, 0) is 30.6 Å². The van der Waals surface area contributed by atoms with Gasteiger partial charge in [-0.15, -0.1) is 0 Å². The van der Waals surface area contributed by atoms with Crippen molar-refractivity contribution in [2.24, 2.45) is 17.8 Å². The van der Waals surface area contributed by atoms with Gasteiger partial charge in [0, 0.05) is 0 Å². The van der Waals surface area contributed by atoms with Crippen molar-refractivity contribution in [1.82, 2.24) is 0 Å². The zero-order chi connectivity index (χ0) is 12.3. The standard InChI is InChI=1S/C12H20O4/c1-7(2)9-5-4-8(3)6-10(9)16-12(15)11(13)14/h7-10H,4-6H2,1-3H3,(H,13,14)/t8-,9+,10-/m1/s1. The molecule has 92 valence electrons. The minimum Gasteiger partial charge on any atom is -0.473 e. The Morgan fingerprint density at radius 1 is 1.31 bits per heavy atom. The highest BCUT2D eigenvalue weighted by molar-refractivity contribution is 6.28. The number of ether oxygens (including phenoxy) is 1. The molecule has 0 unspecified atom stereocenters. The van der Waals surface area contributed by atoms with E-state index < -0.39 is 11.9 Å². The van der Waals surface area contributed by atoms with Crippen molar-refractivity contribution in [1.29, 1.82) is 0 Å². The SMILES string of the molecule is CC(C)[C@@H]1CC[C@@H](C)C[C@H]1OC(=O)C(=O)O. The first-order valence-corrected chi connectivity index (χ1v) is 5.85. The minimum atomic E-state index is -1.50. The Morgan fingerprint density at radius 2 is 1.94 bits per heavy atom. The zero-order valence-electron chi connectivity index (χ0n) is 10.1. The zero-order valence-corrected chi connectivity index (χ0v) is 10.1. The number of hydrogen-bond donors (Lipinski definition) is 1. The quantitative estimate of drug-likeness (QED) is 0.580. The van der Waals surface area contributed by atoms with E-state index in [0.29, 0.717) is 17.8 Å². The predicted octanol–water partition coefficient (Wildman–Crippen LogP) is 2.07. The number of carbonyl (C=O) groups is 2. The molecule has 0 aromatic carbocycles. The number of hydrogen-bond acceptors (Lipinski definition) is 3. The Hall–Kier alpha value is -1.06. The van der Waals surface area contributed by atoms with Crippen LogP contribution in [0.2, 0.25) is 0 Å². The molecule has 1 fully saturated rings. The molecular weight excluding hydrogens is 208 g/mol. The molecule has 3 atom stereocenters. The van der Waals surface area contributed by atoms with Crippen molar-refractivity contribution in [3.63, 3.8) is 0 Å². The van der Waals surface area contributed by atoms with E-state index in [2.05, 4.69) is 20.8 Å². The molecule has 0 radical (unpaired) electrons. The summed E-state index contributed by atoms with van der Waals surface area (Å²) in [5.41, 5.74) is 0. The first kappa shape index (κ1) is 13.0. The molecule has 1 rings (SSSR count). The van der Waals surface area contributed by atoms with E-state index in [4.69, 9.17) is 9.84 Å². The van der Waals surface area contributed by atoms with Crippen molar-refractivity contribution in [3.8, 4) is 0 Å². The van der Waals surface area contributed by atoms with Crippen molar-refractivity contribution >= 4 is 11.9 Å². The number of carboxylic acid groups (broad SMARTS) is 1. The van der Waals surface area contributed by atoms with Crippen LogP contribution in [-0.4, -0.2) is 23.1 Å². The van der Waals surface area contributed by atoms with Crippen molar-refractivity contribution in [3.05, 3.63) is 0 Å². The van der Waals surface area contributed by atoms with E-state index in [0.717, 1.165) is 19.3 Å². The summed E-state index contributed by atoms with van der Waals surface area (Å²) in [6.07, 6.45) is 2.69. The molecule has 4 nitrogen and oxygen atoms in total. The lowest BCUT2D eigenvalue weighted by Gasteiger charge is -2.36. The molecule has 1 N–H and O–H groups in total. The maximum Gasteiger partial charge on any atom is 0.417 e. The lowest BCUT2D eigenvalue weighted by atomic mass is 9.75. The normalized spacial score (nSPS) is 30.1. The van der Waals surface area contributed by atoms with Crippen LogP contribution in [0.5, 0.6) is 0 Å². The van der Waals surface area contributed by atoms with Gasteiger partial charge >= 0.3 is 11.9 Å². The number of esters is 1. The summed E-state index contributed by atoms with van der Waals surface area (Å²) >= 11 is 0. The smallest absolute Gasteiger partial charge is 0.417 e. The summed E-state index contributed by atoms with van der Waals surface area (Å²) in [6.45, 7) is 6.28. The van der Waals surface area contributed by atoms with E-state index in [-0.39, 0.29) is 6.10 Å². The molecule has 1 saturated carbocycles. The Kier molecular flexibility index (Phi) is 4.33. The van der Waals surface area contributed by atoms with E-state index in [1.54, 1.807) is 0 Å². The Bertz CT molecular complexity index is 272. The molecule has 0 heterocycles. The van der Waals surface area contributed by atoms with Gasteiger partial charge < -0.3 is 9.84 Å². The van der Waals surface area contributed by atoms with Gasteiger partial charge in [0.25, 0.3) is 0 Å². The third kappa shape index (κ3) is 3.22. The predicted molar refractivity (Wildman–Crippen MR) is 58.9 cm³/mol. The Balaban J connectivity index is 2.64. The average molecular weight is 228 g/mol. The van der Waals surface area contributed by atoms with Crippen LogP contribution in [0.25, 0.3) is 0 Å². The second kappa shape index (κ2) is 5.32. The van der Waals surface area contributed by atoms with E-state index in [9.17, 15) is 9.59 Å². The van der Waals surface area contributed by atoms with Crippen LogP contribution in [-0.2, 0) is 14.3 Å². The van der Waals surface area contributed by atoms with Gasteiger partial charge in [-0.3, -0.25) is 0 Å². The van der Waals surface area contributed by atoms with Gasteiger partial charge in [0.15, 0.2) is 0 Å². The molecule has 4 heteroatoms. The first-order valence-electron chi connectivity index (χ1n) is 5.85. The molecule has 0 bridgehead atoms. The molecule has 1 aliphatic carbocycles. The summed E-state index contributed by atoms with van der Waals surface area (Å²) in [7, 11) is 0. The molecular formula is C12H20O4. The fraction of sp³-hybridized carbons (Fsp3) is 0.833. The summed E-state index contributed by atoms with van der Waals surface area (Å²) in [5.74, 6) is -1.41. The van der Waals surface area contributed by atoms with Crippen molar-refractivity contribution in [2.45, 2.75) is 46.1 Å². The van der Waals surface area contributed by atoms with Crippen LogP contribution < -0.4 is 0 Å². The summed E-state index contributed by atoms with van der Waals surface area (Å²) < 4.78 is 5.06. The van der Waals surface area contributed by atoms with Crippen LogP contribution in [0.4, 0.5) is 0 Å². The van der Waals surface area contributed by atoms with Gasteiger partial charge in [-0.25, -0.2) is 9.59 Å². The molecule has 0 aromatic rings. The Morgan fingerprint density at radius 3 is 2.44 bits per heavy atom. The molecule has 0 aromatic heterocycles. The first-order chi connectivity index (χ1) is 7.41. The second-order valence-corrected chi connectivity index (χ2v) is 5.08. The molecule has 1 aliphatic rings. The third-order valence-electron chi connectivity index (χ3n) is 3.39. The highest BCUT2D eigenvalue weighted by atomic mass is 16.6. The number of aliphatic carboxylic acids is 1. The molecule has 0 amide bonds. The fourth-order valence-corrected chi connectivity index (χ4v) is 2.44. The van der Waals surface area contributed by atoms with Crippen LogP contribution in [0.15, 0.2) is 0 Å². The monoisotopic (exact) mass is 228 g/mol. The largest absolute Gasteiger partial charge is 0.473 e. The third-order valence-corrected chi connectivity index (χ3v) is 3.39. The highest BCUT2D eigenvalue weighted by Gasteiger charge is 2.34. The lowest BCUT2D eigenvalue weighted by Crippen LogP contribution is -2.37. The van der Waals surface area contributed by atoms with Gasteiger partial charge in [-0.1, -0.05) is 27.2 Å². The second-order valence-electron chi connectivity index (χ2n) is 5.08. The molecule has 16 heavy (non-hydrogen) atoms.